The molecule has 0 fully saturated rings. The lowest BCUT2D eigenvalue weighted by atomic mass is 10.1. The van der Waals surface area contributed by atoms with Crippen LogP contribution in [-0.2, 0) is 9.59 Å². The highest BCUT2D eigenvalue weighted by Crippen LogP contribution is 2.40. The first kappa shape index (κ1) is 21.8. The number of methoxy groups -OCH3 is 1. The Labute approximate surface area is 184 Å². The molecule has 0 atom stereocenters. The van der Waals surface area contributed by atoms with E-state index in [1.54, 1.807) is 36.4 Å². The molecule has 2 aromatic rings. The quantitative estimate of drug-likeness (QED) is 0.675. The van der Waals surface area contributed by atoms with E-state index in [1.807, 2.05) is 0 Å². The number of hydrogen-bond donors (Lipinski definition) is 1. The van der Waals surface area contributed by atoms with Gasteiger partial charge in [0.15, 0.2) is 11.5 Å². The van der Waals surface area contributed by atoms with Crippen LogP contribution >= 0.6 is 23.2 Å². The van der Waals surface area contributed by atoms with Gasteiger partial charge in [-0.25, -0.2) is 0 Å². The highest BCUT2D eigenvalue weighted by Gasteiger charge is 2.18. The van der Waals surface area contributed by atoms with Crippen LogP contribution < -0.4 is 19.5 Å². The fourth-order valence-corrected chi connectivity index (χ4v) is 3.05. The number of halogens is 2. The summed E-state index contributed by atoms with van der Waals surface area (Å²) in [5.74, 6) is 0.922. The molecule has 0 spiro atoms. The fourth-order valence-electron chi connectivity index (χ4n) is 2.75. The Kier molecular flexibility index (Phi) is 7.07. The van der Waals surface area contributed by atoms with Crippen LogP contribution in [0.1, 0.15) is 5.56 Å². The molecule has 1 aliphatic rings. The maximum absolute atomic E-state index is 12.4. The number of benzene rings is 2. The van der Waals surface area contributed by atoms with Crippen molar-refractivity contribution in [3.8, 4) is 17.2 Å². The molecule has 1 N–H and O–H groups in total. The van der Waals surface area contributed by atoms with Gasteiger partial charge in [0.2, 0.25) is 17.6 Å². The first-order chi connectivity index (χ1) is 14.4. The first-order valence-corrected chi connectivity index (χ1v) is 9.78. The molecule has 0 bridgehead atoms. The van der Waals surface area contributed by atoms with E-state index < -0.39 is 0 Å². The van der Waals surface area contributed by atoms with E-state index in [0.717, 1.165) is 0 Å². The summed E-state index contributed by atoms with van der Waals surface area (Å²) >= 11 is 11.8. The number of fused-ring (bicyclic) bond motifs is 1. The van der Waals surface area contributed by atoms with Crippen molar-refractivity contribution in [2.24, 2.45) is 0 Å². The van der Waals surface area contributed by atoms with Gasteiger partial charge in [-0.2, -0.15) is 0 Å². The normalized spacial score (nSPS) is 12.5. The molecule has 0 saturated heterocycles. The molecular weight excluding hydrogens is 431 g/mol. The smallest absolute Gasteiger partial charge is 0.246 e. The van der Waals surface area contributed by atoms with Crippen LogP contribution in [0.3, 0.4) is 0 Å². The summed E-state index contributed by atoms with van der Waals surface area (Å²) in [6, 6.07) is 8.26. The minimum absolute atomic E-state index is 0.131. The van der Waals surface area contributed by atoms with E-state index in [2.05, 4.69) is 5.32 Å². The van der Waals surface area contributed by atoms with E-state index in [9.17, 15) is 9.59 Å². The molecule has 9 heteroatoms. The number of likely N-dealkylation sites (N-methyl/N-ethyl adjacent to an activating group) is 1. The van der Waals surface area contributed by atoms with Gasteiger partial charge in [0.05, 0.1) is 23.7 Å². The highest BCUT2D eigenvalue weighted by molar-refractivity contribution is 6.42. The zero-order valence-electron chi connectivity index (χ0n) is 16.4. The second kappa shape index (κ2) is 9.73. The number of carbonyl (C=O) groups excluding carboxylic acids is 2. The topological polar surface area (TPSA) is 77.1 Å². The number of rotatable bonds is 6. The third-order valence-electron chi connectivity index (χ3n) is 4.23. The summed E-state index contributed by atoms with van der Waals surface area (Å²) in [6.07, 6.45) is 2.99. The number of amides is 2. The molecule has 0 unspecified atom stereocenters. The van der Waals surface area contributed by atoms with Crippen LogP contribution in [-0.4, -0.2) is 50.6 Å². The molecule has 0 aromatic heterocycles. The van der Waals surface area contributed by atoms with Crippen LogP contribution in [0, 0.1) is 0 Å². The zero-order chi connectivity index (χ0) is 21.7. The van der Waals surface area contributed by atoms with Gasteiger partial charge in [-0.3, -0.25) is 9.59 Å². The molecule has 3 rings (SSSR count). The molecule has 7 nitrogen and oxygen atoms in total. The van der Waals surface area contributed by atoms with Crippen LogP contribution in [0.5, 0.6) is 17.2 Å². The molecule has 0 radical (unpaired) electrons. The lowest BCUT2D eigenvalue weighted by Crippen LogP contribution is -2.33. The van der Waals surface area contributed by atoms with Gasteiger partial charge in [-0.05, 0) is 42.0 Å². The van der Waals surface area contributed by atoms with Crippen LogP contribution in [0.25, 0.3) is 6.08 Å². The molecule has 0 aliphatic carbocycles. The Hall–Kier alpha value is -2.90. The minimum atomic E-state index is -0.362. The van der Waals surface area contributed by atoms with Crippen LogP contribution in [0.15, 0.2) is 36.4 Å². The van der Waals surface area contributed by atoms with Gasteiger partial charge < -0.3 is 24.4 Å². The average molecular weight is 451 g/mol. The maximum Gasteiger partial charge on any atom is 0.246 e. The number of carbonyl (C=O) groups is 2. The summed E-state index contributed by atoms with van der Waals surface area (Å²) in [5.41, 5.74) is 1.20. The lowest BCUT2D eigenvalue weighted by molar-refractivity contribution is -0.129. The highest BCUT2D eigenvalue weighted by atomic mass is 35.5. The van der Waals surface area contributed by atoms with E-state index >= 15 is 0 Å². The van der Waals surface area contributed by atoms with Gasteiger partial charge in [-0.15, -0.1) is 0 Å². The molecule has 158 valence electrons. The van der Waals surface area contributed by atoms with E-state index in [0.29, 0.717) is 51.8 Å². The monoisotopic (exact) mass is 450 g/mol. The van der Waals surface area contributed by atoms with Crippen molar-refractivity contribution < 1.29 is 23.8 Å². The lowest BCUT2D eigenvalue weighted by Gasteiger charge is -2.21. The molecule has 0 saturated carbocycles. The number of anilines is 1. The second-order valence-electron chi connectivity index (χ2n) is 6.45. The van der Waals surface area contributed by atoms with E-state index in [1.165, 1.54) is 25.1 Å². The van der Waals surface area contributed by atoms with Crippen molar-refractivity contribution in [1.82, 2.24) is 4.90 Å². The number of ether oxygens (including phenoxy) is 3. The average Bonchev–Trinajstić information content (AvgIpc) is 2.73. The number of nitrogens with one attached hydrogen (secondary N) is 1. The van der Waals surface area contributed by atoms with Crippen molar-refractivity contribution in [3.05, 3.63) is 52.0 Å². The van der Waals surface area contributed by atoms with Gasteiger partial charge in [0.25, 0.3) is 0 Å². The summed E-state index contributed by atoms with van der Waals surface area (Å²) in [6.45, 7) is 0.763. The van der Waals surface area contributed by atoms with Crippen LogP contribution in [0.4, 0.5) is 5.69 Å². The summed E-state index contributed by atoms with van der Waals surface area (Å²) in [4.78, 5) is 25.9. The van der Waals surface area contributed by atoms with Crippen molar-refractivity contribution in [1.29, 1.82) is 0 Å². The van der Waals surface area contributed by atoms with Crippen LogP contribution in [0.2, 0.25) is 10.0 Å². The van der Waals surface area contributed by atoms with Gasteiger partial charge >= 0.3 is 0 Å². The van der Waals surface area contributed by atoms with Gasteiger partial charge in [0, 0.05) is 18.8 Å². The van der Waals surface area contributed by atoms with E-state index in [-0.39, 0.29) is 18.4 Å². The largest absolute Gasteiger partial charge is 0.493 e. The predicted octanol–water partition coefficient (Wildman–Crippen LogP) is 3.88. The molecule has 30 heavy (non-hydrogen) atoms. The Bertz CT molecular complexity index is 976. The zero-order valence-corrected chi connectivity index (χ0v) is 17.9. The summed E-state index contributed by atoms with van der Waals surface area (Å²) in [5, 5.41) is 3.39. The van der Waals surface area contributed by atoms with Crippen molar-refractivity contribution >= 4 is 46.8 Å². The molecule has 2 amide bonds. The number of hydrogen-bond acceptors (Lipinski definition) is 5. The predicted molar refractivity (Wildman–Crippen MR) is 116 cm³/mol. The van der Waals surface area contributed by atoms with E-state index in [4.69, 9.17) is 37.4 Å². The first-order valence-electron chi connectivity index (χ1n) is 9.03. The third-order valence-corrected chi connectivity index (χ3v) is 4.97. The standard InChI is InChI=1S/C21H20Cl2N2O5/c1-25(12-19(26)24-14-4-5-15(22)16(23)11-14)20(27)6-3-13-9-17(28-2)21-18(10-13)29-7-8-30-21/h3-6,9-11H,7-8,12H2,1-2H3,(H,24,26)/b6-3+. The summed E-state index contributed by atoms with van der Waals surface area (Å²) < 4.78 is 16.5. The minimum Gasteiger partial charge on any atom is -0.493 e. The summed E-state index contributed by atoms with van der Waals surface area (Å²) in [7, 11) is 3.07. The maximum atomic E-state index is 12.4. The van der Waals surface area contributed by atoms with Gasteiger partial charge in [0.1, 0.15) is 13.2 Å². The fraction of sp³-hybridized carbons (Fsp3) is 0.238. The third kappa shape index (κ3) is 5.37. The molecular formula is C21H20Cl2N2O5. The van der Waals surface area contributed by atoms with Crippen molar-refractivity contribution in [2.75, 3.05) is 39.2 Å². The Morgan fingerprint density at radius 1 is 1.17 bits per heavy atom. The van der Waals surface area contributed by atoms with Gasteiger partial charge in [-0.1, -0.05) is 23.2 Å². The second-order valence-corrected chi connectivity index (χ2v) is 7.27. The molecule has 1 aliphatic heterocycles. The van der Waals surface area contributed by atoms with Crippen molar-refractivity contribution in [3.63, 3.8) is 0 Å². The molecule has 2 aromatic carbocycles. The number of nitrogens with zero attached hydrogens (tertiary/aromatic N) is 1. The Morgan fingerprint density at radius 3 is 2.67 bits per heavy atom. The molecule has 1 heterocycles. The Morgan fingerprint density at radius 2 is 1.93 bits per heavy atom. The SMILES string of the molecule is COc1cc(/C=C/C(=O)N(C)CC(=O)Nc2ccc(Cl)c(Cl)c2)cc2c1OCCO2. The Balaban J connectivity index is 1.61. The van der Waals surface area contributed by atoms with Crippen molar-refractivity contribution in [2.45, 2.75) is 0 Å².